The van der Waals surface area contributed by atoms with Gasteiger partial charge < -0.3 is 5.32 Å². The number of nitrogens with zero attached hydrogens (tertiary/aromatic N) is 2. The van der Waals surface area contributed by atoms with Gasteiger partial charge in [0, 0.05) is 18.3 Å². The van der Waals surface area contributed by atoms with Crippen molar-refractivity contribution in [1.29, 1.82) is 0 Å². The van der Waals surface area contributed by atoms with Crippen LogP contribution in [0, 0.1) is 12.8 Å². The van der Waals surface area contributed by atoms with Crippen molar-refractivity contribution >= 4 is 17.6 Å². The van der Waals surface area contributed by atoms with E-state index in [1.807, 2.05) is 24.8 Å². The first-order chi connectivity index (χ1) is 8.11. The Morgan fingerprint density at radius 3 is 2.76 bits per heavy atom. The number of rotatable bonds is 7. The van der Waals surface area contributed by atoms with Crippen molar-refractivity contribution in [2.75, 3.05) is 17.6 Å². The fourth-order valence-electron chi connectivity index (χ4n) is 1.45. The number of hydrogen-bond acceptors (Lipinski definition) is 4. The Bertz CT molecular complexity index is 339. The summed E-state index contributed by atoms with van der Waals surface area (Å²) in [7, 11) is 0. The molecule has 1 aromatic heterocycles. The Kier molecular flexibility index (Phi) is 6.34. The average molecular weight is 253 g/mol. The lowest BCUT2D eigenvalue weighted by Gasteiger charge is -2.07. The summed E-state index contributed by atoms with van der Waals surface area (Å²) in [4.78, 5) is 8.96. The molecule has 1 rings (SSSR count). The standard InChI is InChI=1S/C13H23N3S/c1-5-14-12-8-11(4)15-13(16-12)9-17-7-6-10(2)3/h8,10H,5-7,9H2,1-4H3,(H,14,15,16). The van der Waals surface area contributed by atoms with Crippen LogP contribution in [0.5, 0.6) is 0 Å². The van der Waals surface area contributed by atoms with E-state index in [4.69, 9.17) is 0 Å². The molecule has 0 amide bonds. The van der Waals surface area contributed by atoms with Gasteiger partial charge in [-0.2, -0.15) is 11.8 Å². The summed E-state index contributed by atoms with van der Waals surface area (Å²) >= 11 is 1.92. The van der Waals surface area contributed by atoms with E-state index in [0.717, 1.165) is 35.6 Å². The van der Waals surface area contributed by atoms with E-state index in [2.05, 4.69) is 36.1 Å². The van der Waals surface area contributed by atoms with Crippen molar-refractivity contribution in [3.63, 3.8) is 0 Å². The number of aromatic nitrogens is 2. The molecule has 0 unspecified atom stereocenters. The Labute approximate surface area is 109 Å². The predicted molar refractivity (Wildman–Crippen MR) is 76.5 cm³/mol. The molecule has 1 heterocycles. The minimum atomic E-state index is 0.776. The van der Waals surface area contributed by atoms with Gasteiger partial charge in [0.05, 0.1) is 5.75 Å². The van der Waals surface area contributed by atoms with Crippen LogP contribution in [-0.2, 0) is 5.75 Å². The van der Waals surface area contributed by atoms with Gasteiger partial charge in [0.1, 0.15) is 11.6 Å². The number of aryl methyl sites for hydroxylation is 1. The summed E-state index contributed by atoms with van der Waals surface area (Å²) in [6.07, 6.45) is 1.26. The van der Waals surface area contributed by atoms with Crippen LogP contribution in [0.2, 0.25) is 0 Å². The van der Waals surface area contributed by atoms with Gasteiger partial charge in [0.15, 0.2) is 0 Å². The third-order valence-electron chi connectivity index (χ3n) is 2.33. The molecule has 0 saturated heterocycles. The van der Waals surface area contributed by atoms with Gasteiger partial charge in [-0.25, -0.2) is 9.97 Å². The fraction of sp³-hybridized carbons (Fsp3) is 0.692. The van der Waals surface area contributed by atoms with Crippen molar-refractivity contribution < 1.29 is 0 Å². The molecule has 0 atom stereocenters. The van der Waals surface area contributed by atoms with Crippen LogP contribution in [0.1, 0.15) is 38.7 Å². The molecule has 0 aliphatic carbocycles. The maximum Gasteiger partial charge on any atom is 0.140 e. The quantitative estimate of drug-likeness (QED) is 0.755. The first-order valence-corrected chi connectivity index (χ1v) is 7.43. The number of thioether (sulfide) groups is 1. The Balaban J connectivity index is 2.46. The lowest BCUT2D eigenvalue weighted by molar-refractivity contribution is 0.632. The largest absolute Gasteiger partial charge is 0.370 e. The van der Waals surface area contributed by atoms with Crippen LogP contribution in [0.3, 0.4) is 0 Å². The van der Waals surface area contributed by atoms with Gasteiger partial charge in [-0.05, 0) is 31.9 Å². The summed E-state index contributed by atoms with van der Waals surface area (Å²) in [6, 6.07) is 1.99. The summed E-state index contributed by atoms with van der Waals surface area (Å²) in [5.41, 5.74) is 1.04. The Hall–Kier alpha value is -0.770. The molecule has 0 aliphatic heterocycles. The van der Waals surface area contributed by atoms with Crippen molar-refractivity contribution in [3.8, 4) is 0 Å². The third-order valence-corrected chi connectivity index (χ3v) is 3.32. The summed E-state index contributed by atoms with van der Waals surface area (Å²) < 4.78 is 0. The molecule has 0 bridgehead atoms. The number of anilines is 1. The molecule has 0 aromatic carbocycles. The molecule has 4 heteroatoms. The van der Waals surface area contributed by atoms with Crippen LogP contribution in [-0.4, -0.2) is 22.3 Å². The van der Waals surface area contributed by atoms with E-state index in [0.29, 0.717) is 0 Å². The summed E-state index contributed by atoms with van der Waals surface area (Å²) in [6.45, 7) is 9.51. The monoisotopic (exact) mass is 253 g/mol. The smallest absolute Gasteiger partial charge is 0.140 e. The van der Waals surface area contributed by atoms with Crippen molar-refractivity contribution in [2.45, 2.75) is 39.9 Å². The first kappa shape index (κ1) is 14.3. The zero-order chi connectivity index (χ0) is 12.7. The molecule has 0 saturated carbocycles. The molecule has 1 aromatic rings. The maximum absolute atomic E-state index is 4.50. The Morgan fingerprint density at radius 1 is 1.35 bits per heavy atom. The zero-order valence-corrected chi connectivity index (χ0v) is 12.1. The highest BCUT2D eigenvalue weighted by Crippen LogP contribution is 2.15. The third kappa shape index (κ3) is 5.91. The van der Waals surface area contributed by atoms with Crippen molar-refractivity contribution in [3.05, 3.63) is 17.6 Å². The molecular weight excluding hydrogens is 230 g/mol. The van der Waals surface area contributed by atoms with Crippen LogP contribution < -0.4 is 5.32 Å². The second-order valence-corrected chi connectivity index (χ2v) is 5.68. The highest BCUT2D eigenvalue weighted by Gasteiger charge is 2.02. The van der Waals surface area contributed by atoms with Gasteiger partial charge in [0.2, 0.25) is 0 Å². The Morgan fingerprint density at radius 2 is 2.12 bits per heavy atom. The molecule has 0 spiro atoms. The molecule has 0 fully saturated rings. The molecule has 96 valence electrons. The van der Waals surface area contributed by atoms with E-state index >= 15 is 0 Å². The van der Waals surface area contributed by atoms with Crippen LogP contribution >= 0.6 is 11.8 Å². The van der Waals surface area contributed by atoms with E-state index in [-0.39, 0.29) is 0 Å². The summed E-state index contributed by atoms with van der Waals surface area (Å²) in [5.74, 6) is 4.76. The van der Waals surface area contributed by atoms with Crippen molar-refractivity contribution in [2.24, 2.45) is 5.92 Å². The number of nitrogens with one attached hydrogen (secondary N) is 1. The van der Waals surface area contributed by atoms with Crippen LogP contribution in [0.4, 0.5) is 5.82 Å². The van der Waals surface area contributed by atoms with Gasteiger partial charge >= 0.3 is 0 Å². The lowest BCUT2D eigenvalue weighted by atomic mass is 10.2. The molecule has 0 aliphatic rings. The average Bonchev–Trinajstić information content (AvgIpc) is 2.24. The van der Waals surface area contributed by atoms with Crippen LogP contribution in [0.25, 0.3) is 0 Å². The highest BCUT2D eigenvalue weighted by atomic mass is 32.2. The first-order valence-electron chi connectivity index (χ1n) is 6.28. The lowest BCUT2D eigenvalue weighted by Crippen LogP contribution is -2.04. The van der Waals surface area contributed by atoms with Gasteiger partial charge in [0.25, 0.3) is 0 Å². The van der Waals surface area contributed by atoms with Gasteiger partial charge in [-0.15, -0.1) is 0 Å². The molecule has 3 nitrogen and oxygen atoms in total. The molecule has 17 heavy (non-hydrogen) atoms. The topological polar surface area (TPSA) is 37.8 Å². The van der Waals surface area contributed by atoms with E-state index in [1.54, 1.807) is 0 Å². The van der Waals surface area contributed by atoms with E-state index < -0.39 is 0 Å². The van der Waals surface area contributed by atoms with E-state index in [9.17, 15) is 0 Å². The second kappa shape index (κ2) is 7.54. The minimum Gasteiger partial charge on any atom is -0.370 e. The normalized spacial score (nSPS) is 10.9. The predicted octanol–water partition coefficient (Wildman–Crippen LogP) is 3.50. The zero-order valence-electron chi connectivity index (χ0n) is 11.3. The number of hydrogen-bond donors (Lipinski definition) is 1. The van der Waals surface area contributed by atoms with Gasteiger partial charge in [-0.3, -0.25) is 0 Å². The second-order valence-electron chi connectivity index (χ2n) is 4.58. The summed E-state index contributed by atoms with van der Waals surface area (Å²) in [5, 5.41) is 3.24. The van der Waals surface area contributed by atoms with E-state index in [1.165, 1.54) is 12.2 Å². The maximum atomic E-state index is 4.50. The molecule has 1 N–H and O–H groups in total. The molecule has 0 radical (unpaired) electrons. The highest BCUT2D eigenvalue weighted by molar-refractivity contribution is 7.98. The molecular formula is C13H23N3S. The van der Waals surface area contributed by atoms with Gasteiger partial charge in [-0.1, -0.05) is 13.8 Å². The SMILES string of the molecule is CCNc1cc(C)nc(CSCCC(C)C)n1. The minimum absolute atomic E-state index is 0.776. The van der Waals surface area contributed by atoms with Crippen LogP contribution in [0.15, 0.2) is 6.07 Å². The van der Waals surface area contributed by atoms with Crippen molar-refractivity contribution in [1.82, 2.24) is 9.97 Å². The fourth-order valence-corrected chi connectivity index (χ4v) is 2.54.